The molecule has 0 aliphatic heterocycles. The average Bonchev–Trinajstić information content (AvgIpc) is 2.76. The summed E-state index contributed by atoms with van der Waals surface area (Å²) in [6, 6.07) is 20.4. The third kappa shape index (κ3) is 6.22. The minimum absolute atomic E-state index is 0.0447. The number of anilines is 2. The Morgan fingerprint density at radius 1 is 0.848 bits per heavy atom. The van der Waals surface area contributed by atoms with E-state index >= 15 is 0 Å². The van der Waals surface area contributed by atoms with Crippen LogP contribution in [0.25, 0.3) is 0 Å². The van der Waals surface area contributed by atoms with Crippen molar-refractivity contribution in [2.45, 2.75) is 53.1 Å². The maximum Gasteiger partial charge on any atom is 0.265 e. The molecule has 2 amide bonds. The number of hydrogen-bond acceptors (Lipinski definition) is 3. The largest absolute Gasteiger partial charge is 0.481 e. The molecule has 0 bridgehead atoms. The van der Waals surface area contributed by atoms with E-state index in [0.717, 1.165) is 11.1 Å². The molecule has 0 saturated carbocycles. The van der Waals surface area contributed by atoms with Gasteiger partial charge < -0.3 is 15.4 Å². The van der Waals surface area contributed by atoms with Gasteiger partial charge in [-0.05, 0) is 79.3 Å². The third-order valence-electron chi connectivity index (χ3n) is 5.60. The predicted octanol–water partition coefficient (Wildman–Crippen LogP) is 6.26. The lowest BCUT2D eigenvalue weighted by molar-refractivity contribution is -0.122. The summed E-state index contributed by atoms with van der Waals surface area (Å²) in [5.41, 5.74) is 5.00. The van der Waals surface area contributed by atoms with Gasteiger partial charge in [0.15, 0.2) is 6.10 Å². The van der Waals surface area contributed by atoms with E-state index in [2.05, 4.69) is 31.4 Å². The first-order chi connectivity index (χ1) is 15.5. The molecular weight excluding hydrogens is 412 g/mol. The SMILES string of the molecule is Cc1ccc(NC(=O)c2ccccc2NC(=O)C(C)Oc2ccc(C(C)(C)C)cc2)cc1C. The van der Waals surface area contributed by atoms with E-state index in [-0.39, 0.29) is 17.2 Å². The Kier molecular flexibility index (Phi) is 7.22. The number of rotatable bonds is 6. The zero-order valence-electron chi connectivity index (χ0n) is 20.2. The molecule has 0 heterocycles. The highest BCUT2D eigenvalue weighted by atomic mass is 16.5. The maximum absolute atomic E-state index is 12.9. The van der Waals surface area contributed by atoms with Crippen molar-refractivity contribution in [2.24, 2.45) is 0 Å². The van der Waals surface area contributed by atoms with Crippen LogP contribution in [0.15, 0.2) is 66.7 Å². The highest BCUT2D eigenvalue weighted by Crippen LogP contribution is 2.25. The van der Waals surface area contributed by atoms with Crippen LogP contribution in [0.4, 0.5) is 11.4 Å². The Bertz CT molecular complexity index is 1140. The Hall–Kier alpha value is -3.60. The summed E-state index contributed by atoms with van der Waals surface area (Å²) in [5.74, 6) is -0.00626. The molecule has 2 N–H and O–H groups in total. The van der Waals surface area contributed by atoms with E-state index in [1.165, 1.54) is 5.56 Å². The van der Waals surface area contributed by atoms with Crippen molar-refractivity contribution in [1.82, 2.24) is 0 Å². The molecule has 1 atom stereocenters. The fraction of sp³-hybridized carbons (Fsp3) is 0.286. The number of carbonyl (C=O) groups is 2. The fourth-order valence-electron chi connectivity index (χ4n) is 3.33. The molecule has 5 nitrogen and oxygen atoms in total. The molecule has 0 aliphatic rings. The first kappa shape index (κ1) is 24.1. The van der Waals surface area contributed by atoms with Gasteiger partial charge in [0.2, 0.25) is 0 Å². The Morgan fingerprint density at radius 3 is 2.15 bits per heavy atom. The zero-order valence-corrected chi connectivity index (χ0v) is 20.2. The molecule has 0 aliphatic carbocycles. The lowest BCUT2D eigenvalue weighted by Gasteiger charge is -2.20. The summed E-state index contributed by atoms with van der Waals surface area (Å²) in [5, 5.41) is 5.73. The van der Waals surface area contributed by atoms with Crippen molar-refractivity contribution in [1.29, 1.82) is 0 Å². The van der Waals surface area contributed by atoms with Gasteiger partial charge in [0.05, 0.1) is 11.3 Å². The molecule has 0 fully saturated rings. The summed E-state index contributed by atoms with van der Waals surface area (Å²) in [4.78, 5) is 25.7. The molecule has 3 aromatic carbocycles. The van der Waals surface area contributed by atoms with Crippen molar-refractivity contribution in [3.63, 3.8) is 0 Å². The highest BCUT2D eigenvalue weighted by molar-refractivity contribution is 6.10. The van der Waals surface area contributed by atoms with Gasteiger partial charge in [-0.1, -0.05) is 51.1 Å². The normalized spacial score (nSPS) is 12.1. The van der Waals surface area contributed by atoms with Crippen LogP contribution in [-0.2, 0) is 10.2 Å². The molecule has 172 valence electrons. The van der Waals surface area contributed by atoms with E-state index in [4.69, 9.17) is 4.74 Å². The van der Waals surface area contributed by atoms with Crippen molar-refractivity contribution in [3.8, 4) is 5.75 Å². The van der Waals surface area contributed by atoms with E-state index in [0.29, 0.717) is 22.7 Å². The molecule has 5 heteroatoms. The quantitative estimate of drug-likeness (QED) is 0.472. The first-order valence-corrected chi connectivity index (χ1v) is 11.1. The molecule has 3 aromatic rings. The van der Waals surface area contributed by atoms with Crippen LogP contribution in [0.3, 0.4) is 0 Å². The number of para-hydroxylation sites is 1. The Labute approximate surface area is 196 Å². The zero-order chi connectivity index (χ0) is 24.2. The van der Waals surface area contributed by atoms with Gasteiger partial charge >= 0.3 is 0 Å². The second kappa shape index (κ2) is 9.90. The molecule has 1 unspecified atom stereocenters. The van der Waals surface area contributed by atoms with Gasteiger partial charge in [0, 0.05) is 5.69 Å². The standard InChI is InChI=1S/C28H32N2O3/c1-18-11-14-22(17-19(18)2)29-27(32)24-9-7-8-10-25(24)30-26(31)20(3)33-23-15-12-21(13-16-23)28(4,5)6/h7-17,20H,1-6H3,(H,29,32)(H,30,31). The monoisotopic (exact) mass is 444 g/mol. The number of hydrogen-bond donors (Lipinski definition) is 2. The molecular formula is C28H32N2O3. The highest BCUT2D eigenvalue weighted by Gasteiger charge is 2.19. The minimum Gasteiger partial charge on any atom is -0.481 e. The predicted molar refractivity (Wildman–Crippen MR) is 134 cm³/mol. The van der Waals surface area contributed by atoms with Crippen LogP contribution in [0.1, 0.15) is 54.7 Å². The molecule has 3 rings (SSSR count). The number of aryl methyl sites for hydroxylation is 2. The Balaban J connectivity index is 1.68. The molecule has 0 aromatic heterocycles. The number of carbonyl (C=O) groups excluding carboxylic acids is 2. The molecule has 0 saturated heterocycles. The summed E-state index contributed by atoms with van der Waals surface area (Å²) >= 11 is 0. The van der Waals surface area contributed by atoms with Crippen LogP contribution in [0.5, 0.6) is 5.75 Å². The van der Waals surface area contributed by atoms with Crippen LogP contribution >= 0.6 is 0 Å². The van der Waals surface area contributed by atoms with Gasteiger partial charge in [-0.2, -0.15) is 0 Å². The second-order valence-corrected chi connectivity index (χ2v) is 9.32. The summed E-state index contributed by atoms with van der Waals surface area (Å²) in [7, 11) is 0. The van der Waals surface area contributed by atoms with E-state index in [1.807, 2.05) is 56.3 Å². The average molecular weight is 445 g/mol. The lowest BCUT2D eigenvalue weighted by atomic mass is 9.87. The van der Waals surface area contributed by atoms with Crippen molar-refractivity contribution < 1.29 is 14.3 Å². The number of benzene rings is 3. The van der Waals surface area contributed by atoms with Gasteiger partial charge in [0.25, 0.3) is 11.8 Å². The smallest absolute Gasteiger partial charge is 0.265 e. The fourth-order valence-corrected chi connectivity index (χ4v) is 3.33. The summed E-state index contributed by atoms with van der Waals surface area (Å²) < 4.78 is 5.82. The van der Waals surface area contributed by atoms with Crippen LogP contribution in [-0.4, -0.2) is 17.9 Å². The van der Waals surface area contributed by atoms with Crippen molar-refractivity contribution in [2.75, 3.05) is 10.6 Å². The number of nitrogens with one attached hydrogen (secondary N) is 2. The third-order valence-corrected chi connectivity index (χ3v) is 5.60. The summed E-state index contributed by atoms with van der Waals surface area (Å²) in [6.45, 7) is 12.1. The van der Waals surface area contributed by atoms with E-state index < -0.39 is 6.10 Å². The van der Waals surface area contributed by atoms with Crippen molar-refractivity contribution in [3.05, 3.63) is 89.0 Å². The minimum atomic E-state index is -0.735. The number of ether oxygens (including phenoxy) is 1. The van der Waals surface area contributed by atoms with Gasteiger partial charge in [-0.25, -0.2) is 0 Å². The number of amides is 2. The van der Waals surface area contributed by atoms with Crippen LogP contribution in [0, 0.1) is 13.8 Å². The van der Waals surface area contributed by atoms with E-state index in [9.17, 15) is 9.59 Å². The Morgan fingerprint density at radius 2 is 1.52 bits per heavy atom. The van der Waals surface area contributed by atoms with Crippen LogP contribution < -0.4 is 15.4 Å². The van der Waals surface area contributed by atoms with Crippen LogP contribution in [0.2, 0.25) is 0 Å². The first-order valence-electron chi connectivity index (χ1n) is 11.1. The molecule has 33 heavy (non-hydrogen) atoms. The van der Waals surface area contributed by atoms with Crippen molar-refractivity contribution >= 4 is 23.2 Å². The van der Waals surface area contributed by atoms with E-state index in [1.54, 1.807) is 31.2 Å². The van der Waals surface area contributed by atoms with Gasteiger partial charge in [-0.3, -0.25) is 9.59 Å². The maximum atomic E-state index is 12.9. The van der Waals surface area contributed by atoms with Gasteiger partial charge in [-0.15, -0.1) is 0 Å². The molecule has 0 radical (unpaired) electrons. The topological polar surface area (TPSA) is 67.4 Å². The van der Waals surface area contributed by atoms with Gasteiger partial charge in [0.1, 0.15) is 5.75 Å². The lowest BCUT2D eigenvalue weighted by Crippen LogP contribution is -2.31. The summed E-state index contributed by atoms with van der Waals surface area (Å²) in [6.07, 6.45) is -0.735. The molecule has 0 spiro atoms. The second-order valence-electron chi connectivity index (χ2n) is 9.32.